The number of Topliss-reactive ketones (excluding diaryl/α,β-unsaturated/α-hetero) is 6. The molecule has 0 radical (unpaired) electrons. The minimum atomic E-state index is -2.73. The number of phenols is 1. The van der Waals surface area contributed by atoms with E-state index in [2.05, 4.69) is 11.8 Å². The van der Waals surface area contributed by atoms with Crippen molar-refractivity contribution in [3.05, 3.63) is 28.8 Å². The molecule has 2 fully saturated rings. The highest BCUT2D eigenvalue weighted by atomic mass is 16.3. The second-order valence-electron chi connectivity index (χ2n) is 11.6. The van der Waals surface area contributed by atoms with Crippen molar-refractivity contribution in [2.75, 3.05) is 0 Å². The van der Waals surface area contributed by atoms with Gasteiger partial charge in [0.05, 0.1) is 11.5 Å². The zero-order valence-corrected chi connectivity index (χ0v) is 21.7. The lowest BCUT2D eigenvalue weighted by molar-refractivity contribution is -0.205. The van der Waals surface area contributed by atoms with Gasteiger partial charge in [0, 0.05) is 23.8 Å². The van der Waals surface area contributed by atoms with Crippen LogP contribution in [-0.4, -0.2) is 50.5 Å². The molecule has 1 aromatic rings. The summed E-state index contributed by atoms with van der Waals surface area (Å²) < 4.78 is 0. The molecule has 194 valence electrons. The van der Waals surface area contributed by atoms with Gasteiger partial charge in [-0.15, -0.1) is 0 Å². The van der Waals surface area contributed by atoms with Crippen molar-refractivity contribution < 1.29 is 39.0 Å². The highest BCUT2D eigenvalue weighted by molar-refractivity contribution is 6.32. The lowest BCUT2D eigenvalue weighted by Crippen LogP contribution is -2.76. The maximum Gasteiger partial charge on any atom is 0.202 e. The fraction of sp³-hybridized carbons (Fsp3) is 0.517. The predicted octanol–water partition coefficient (Wildman–Crippen LogP) is 2.03. The Morgan fingerprint density at radius 1 is 1.05 bits per heavy atom. The van der Waals surface area contributed by atoms with Crippen LogP contribution in [0.4, 0.5) is 0 Å². The summed E-state index contributed by atoms with van der Waals surface area (Å²) in [5.41, 5.74) is -4.87. The molecule has 6 atom stereocenters. The third-order valence-corrected chi connectivity index (χ3v) is 8.64. The van der Waals surface area contributed by atoms with Crippen LogP contribution >= 0.6 is 0 Å². The van der Waals surface area contributed by atoms with Gasteiger partial charge in [0.15, 0.2) is 28.7 Å². The number of carbonyl (C=O) groups excluding carboxylic acids is 6. The van der Waals surface area contributed by atoms with E-state index in [9.17, 15) is 39.0 Å². The van der Waals surface area contributed by atoms with Crippen molar-refractivity contribution in [2.45, 2.75) is 60.0 Å². The van der Waals surface area contributed by atoms with Crippen LogP contribution in [0.15, 0.2) is 12.1 Å². The van der Waals surface area contributed by atoms with Crippen LogP contribution in [0.5, 0.6) is 5.75 Å². The number of hydrogen-bond donors (Lipinski definition) is 2. The molecule has 8 heteroatoms. The third-order valence-electron chi connectivity index (χ3n) is 8.64. The monoisotopic (exact) mass is 506 g/mol. The average molecular weight is 507 g/mol. The Morgan fingerprint density at radius 3 is 2.22 bits per heavy atom. The molecular formula is C29H30O8. The van der Waals surface area contributed by atoms with Crippen LogP contribution < -0.4 is 0 Å². The Hall–Kier alpha value is -3.44. The molecule has 0 bridgehead atoms. The van der Waals surface area contributed by atoms with Crippen LogP contribution in [-0.2, 0) is 30.4 Å². The Balaban J connectivity index is 1.99. The summed E-state index contributed by atoms with van der Waals surface area (Å²) >= 11 is 0. The molecule has 0 heterocycles. The number of ketones is 6. The van der Waals surface area contributed by atoms with Gasteiger partial charge in [-0.05, 0) is 54.7 Å². The topological polar surface area (TPSA) is 143 Å². The van der Waals surface area contributed by atoms with Crippen LogP contribution in [0, 0.1) is 46.3 Å². The fourth-order valence-electron chi connectivity index (χ4n) is 7.41. The molecule has 3 unspecified atom stereocenters. The normalized spacial score (nSPS) is 34.8. The van der Waals surface area contributed by atoms with E-state index in [1.807, 2.05) is 0 Å². The van der Waals surface area contributed by atoms with Gasteiger partial charge in [0.1, 0.15) is 17.5 Å². The second-order valence-corrected chi connectivity index (χ2v) is 11.6. The molecule has 0 aromatic heterocycles. The molecule has 0 saturated heterocycles. The van der Waals surface area contributed by atoms with Crippen molar-refractivity contribution in [1.29, 1.82) is 0 Å². The van der Waals surface area contributed by atoms with Gasteiger partial charge in [-0.3, -0.25) is 28.8 Å². The highest BCUT2D eigenvalue weighted by Crippen LogP contribution is 2.63. The first-order valence-corrected chi connectivity index (χ1v) is 12.3. The van der Waals surface area contributed by atoms with Gasteiger partial charge in [0.25, 0.3) is 0 Å². The molecule has 0 spiro atoms. The van der Waals surface area contributed by atoms with Crippen molar-refractivity contribution in [2.24, 2.45) is 34.5 Å². The van der Waals surface area contributed by atoms with E-state index in [1.54, 1.807) is 20.8 Å². The van der Waals surface area contributed by atoms with Crippen molar-refractivity contribution in [1.82, 2.24) is 0 Å². The second kappa shape index (κ2) is 8.29. The summed E-state index contributed by atoms with van der Waals surface area (Å²) in [5.74, 6) is -4.66. The lowest BCUT2D eigenvalue weighted by atomic mass is 9.40. The van der Waals surface area contributed by atoms with E-state index >= 15 is 0 Å². The van der Waals surface area contributed by atoms with Crippen LogP contribution in [0.2, 0.25) is 0 Å². The van der Waals surface area contributed by atoms with Gasteiger partial charge < -0.3 is 10.2 Å². The van der Waals surface area contributed by atoms with Gasteiger partial charge in [-0.25, -0.2) is 0 Å². The molecule has 1 aromatic carbocycles. The van der Waals surface area contributed by atoms with Crippen molar-refractivity contribution in [3.8, 4) is 17.6 Å². The van der Waals surface area contributed by atoms with E-state index in [0.29, 0.717) is 11.1 Å². The number of phenolic OH excluding ortho intramolecular Hbond substituents is 1. The predicted molar refractivity (Wildman–Crippen MR) is 130 cm³/mol. The van der Waals surface area contributed by atoms with Crippen molar-refractivity contribution in [3.63, 3.8) is 0 Å². The lowest BCUT2D eigenvalue weighted by Gasteiger charge is -2.61. The highest BCUT2D eigenvalue weighted by Gasteiger charge is 2.76. The molecular weight excluding hydrogens is 476 g/mol. The number of benzene rings is 1. The van der Waals surface area contributed by atoms with E-state index in [0.717, 1.165) is 6.92 Å². The summed E-state index contributed by atoms with van der Waals surface area (Å²) in [7, 11) is 0. The first kappa shape index (κ1) is 26.6. The summed E-state index contributed by atoms with van der Waals surface area (Å²) in [6, 6.07) is 2.74. The summed E-state index contributed by atoms with van der Waals surface area (Å²) in [5, 5.41) is 22.5. The van der Waals surface area contributed by atoms with Crippen LogP contribution in [0.1, 0.15) is 69.4 Å². The molecule has 3 aliphatic carbocycles. The minimum absolute atomic E-state index is 0.0434. The molecule has 2 N–H and O–H groups in total. The quantitative estimate of drug-likeness (QED) is 0.458. The number of aromatic hydroxyl groups is 1. The number of hydrogen-bond acceptors (Lipinski definition) is 8. The summed E-state index contributed by atoms with van der Waals surface area (Å²) in [6.07, 6.45) is 0.0358. The first-order valence-electron chi connectivity index (χ1n) is 12.3. The first-order chi connectivity index (χ1) is 17.0. The van der Waals surface area contributed by atoms with E-state index in [4.69, 9.17) is 0 Å². The molecule has 3 aliphatic rings. The molecule has 4 rings (SSSR count). The van der Waals surface area contributed by atoms with Gasteiger partial charge in [-0.2, -0.15) is 0 Å². The largest absolute Gasteiger partial charge is 0.507 e. The molecule has 0 aliphatic heterocycles. The smallest absolute Gasteiger partial charge is 0.202 e. The van der Waals surface area contributed by atoms with Crippen LogP contribution in [0.25, 0.3) is 0 Å². The van der Waals surface area contributed by atoms with Gasteiger partial charge in [-0.1, -0.05) is 33.6 Å². The molecule has 8 nitrogen and oxygen atoms in total. The minimum Gasteiger partial charge on any atom is -0.507 e. The Labute approximate surface area is 214 Å². The van der Waals surface area contributed by atoms with Gasteiger partial charge >= 0.3 is 0 Å². The number of carbonyl (C=O) groups is 6. The van der Waals surface area contributed by atoms with Gasteiger partial charge in [0.2, 0.25) is 5.78 Å². The zero-order chi connectivity index (χ0) is 27.8. The molecule has 2 saturated carbocycles. The number of rotatable bonds is 2. The average Bonchev–Trinajstić information content (AvgIpc) is 2.75. The summed E-state index contributed by atoms with van der Waals surface area (Å²) in [6.45, 7) is 9.04. The van der Waals surface area contributed by atoms with E-state index < -0.39 is 74.8 Å². The van der Waals surface area contributed by atoms with E-state index in [-0.39, 0.29) is 24.2 Å². The Kier molecular flexibility index (Phi) is 5.96. The Morgan fingerprint density at radius 2 is 1.68 bits per heavy atom. The number of aliphatic hydroxyl groups is 1. The Bertz CT molecular complexity index is 1370. The maximum atomic E-state index is 14.1. The molecule has 37 heavy (non-hydrogen) atoms. The fourth-order valence-corrected chi connectivity index (χ4v) is 7.41. The third kappa shape index (κ3) is 3.40. The maximum absolute atomic E-state index is 14.1. The van der Waals surface area contributed by atoms with E-state index in [1.165, 1.54) is 26.0 Å². The van der Waals surface area contributed by atoms with Crippen molar-refractivity contribution >= 4 is 34.7 Å². The number of fused-ring (bicyclic) bond motifs is 3. The standard InChI is InChI=1S/C29H30O8/c1-13(2)21-23(33)19(15(4)31)25(35)29(37)26(36)22-24(34)20-17(11-27(22,5)12-28(21,29)6)16(8-7-14(3)30)9-10-18(20)32/h9-10,13,19,21-22,32,37H,11-12H2,1-6H3/t19?,21?,22?,27-,28-,29+/m1/s1. The zero-order valence-electron chi connectivity index (χ0n) is 21.7. The molecule has 0 amide bonds. The van der Waals surface area contributed by atoms with Crippen LogP contribution in [0.3, 0.4) is 0 Å². The SMILES string of the molecule is CC(=O)C#Cc1ccc(O)c2c1C[C@]1(C)C[C@]3(C)C(C(C)C)C(=O)C(C(C)=O)C(=O)[C@]3(O)C(=O)C1C2=O. The summed E-state index contributed by atoms with van der Waals surface area (Å²) in [4.78, 5) is 78.9.